The molecule has 144 valence electrons. The van der Waals surface area contributed by atoms with Crippen LogP contribution in [-0.2, 0) is 4.79 Å². The summed E-state index contributed by atoms with van der Waals surface area (Å²) in [6.45, 7) is 0. The summed E-state index contributed by atoms with van der Waals surface area (Å²) >= 11 is 0. The van der Waals surface area contributed by atoms with E-state index in [1.54, 1.807) is 18.3 Å². The standard InChI is InChI=1S/C21H21FN4O2/c22-17-10-9-15(11-18(17)25-20(27)13-5-2-1-3-6-13)24-21(28)16-8-4-7-14-12-23-26-19(14)16/h4,7-13H,1-3,5-6H2,(H,23,26)(H,24,28)(H,25,27). The zero-order chi connectivity index (χ0) is 19.5. The molecule has 2 amide bonds. The van der Waals surface area contributed by atoms with Gasteiger partial charge >= 0.3 is 0 Å². The third kappa shape index (κ3) is 3.74. The Hall–Kier alpha value is -3.22. The fraction of sp³-hybridized carbons (Fsp3) is 0.286. The van der Waals surface area contributed by atoms with Crippen molar-refractivity contribution in [1.82, 2.24) is 10.2 Å². The normalized spacial score (nSPS) is 14.8. The van der Waals surface area contributed by atoms with Crippen LogP contribution in [0.1, 0.15) is 42.5 Å². The van der Waals surface area contributed by atoms with Crippen LogP contribution in [0, 0.1) is 11.7 Å². The highest BCUT2D eigenvalue weighted by Crippen LogP contribution is 2.27. The smallest absolute Gasteiger partial charge is 0.257 e. The number of para-hydroxylation sites is 1. The van der Waals surface area contributed by atoms with Crippen LogP contribution in [0.3, 0.4) is 0 Å². The van der Waals surface area contributed by atoms with Crippen molar-refractivity contribution in [2.75, 3.05) is 10.6 Å². The number of aromatic nitrogens is 2. The highest BCUT2D eigenvalue weighted by molar-refractivity contribution is 6.12. The molecule has 1 saturated carbocycles. The molecule has 1 heterocycles. The van der Waals surface area contributed by atoms with Gasteiger partial charge in [0.2, 0.25) is 5.91 Å². The first kappa shape index (κ1) is 18.2. The largest absolute Gasteiger partial charge is 0.323 e. The van der Waals surface area contributed by atoms with Crippen molar-refractivity contribution < 1.29 is 14.0 Å². The van der Waals surface area contributed by atoms with E-state index in [9.17, 15) is 14.0 Å². The number of nitrogens with one attached hydrogen (secondary N) is 3. The molecule has 2 aromatic carbocycles. The average molecular weight is 380 g/mol. The van der Waals surface area contributed by atoms with Crippen LogP contribution in [0.2, 0.25) is 0 Å². The quantitative estimate of drug-likeness (QED) is 0.624. The predicted molar refractivity (Wildman–Crippen MR) is 106 cm³/mol. The number of hydrogen-bond donors (Lipinski definition) is 3. The first-order valence-corrected chi connectivity index (χ1v) is 9.45. The van der Waals surface area contributed by atoms with E-state index in [2.05, 4.69) is 20.8 Å². The van der Waals surface area contributed by atoms with Gasteiger partial charge in [0, 0.05) is 17.0 Å². The Morgan fingerprint density at radius 1 is 1.07 bits per heavy atom. The first-order chi connectivity index (χ1) is 13.6. The summed E-state index contributed by atoms with van der Waals surface area (Å²) in [4.78, 5) is 25.1. The molecule has 28 heavy (non-hydrogen) atoms. The van der Waals surface area contributed by atoms with Crippen LogP contribution in [0.25, 0.3) is 10.9 Å². The van der Waals surface area contributed by atoms with E-state index in [1.807, 2.05) is 6.07 Å². The summed E-state index contributed by atoms with van der Waals surface area (Å²) in [5.41, 5.74) is 1.55. The summed E-state index contributed by atoms with van der Waals surface area (Å²) in [6, 6.07) is 9.46. The number of carbonyl (C=O) groups excluding carboxylic acids is 2. The minimum Gasteiger partial charge on any atom is -0.323 e. The molecule has 0 atom stereocenters. The molecule has 3 aromatic rings. The van der Waals surface area contributed by atoms with Gasteiger partial charge in [0.25, 0.3) is 5.91 Å². The van der Waals surface area contributed by atoms with Crippen molar-refractivity contribution in [3.8, 4) is 0 Å². The lowest BCUT2D eigenvalue weighted by Gasteiger charge is -2.21. The van der Waals surface area contributed by atoms with Crippen molar-refractivity contribution in [3.63, 3.8) is 0 Å². The Morgan fingerprint density at radius 2 is 1.89 bits per heavy atom. The molecule has 0 saturated heterocycles. The number of fused-ring (bicyclic) bond motifs is 1. The third-order valence-electron chi connectivity index (χ3n) is 5.18. The lowest BCUT2D eigenvalue weighted by molar-refractivity contribution is -0.120. The molecule has 6 nitrogen and oxygen atoms in total. The molecular weight excluding hydrogens is 359 g/mol. The van der Waals surface area contributed by atoms with Crippen molar-refractivity contribution >= 4 is 34.1 Å². The number of anilines is 2. The molecule has 0 unspecified atom stereocenters. The number of nitrogens with zero attached hydrogens (tertiary/aromatic N) is 1. The number of H-pyrrole nitrogens is 1. The van der Waals surface area contributed by atoms with E-state index >= 15 is 0 Å². The Kier molecular flexibility index (Phi) is 5.06. The van der Waals surface area contributed by atoms with Gasteiger partial charge in [-0.1, -0.05) is 31.4 Å². The van der Waals surface area contributed by atoms with Crippen molar-refractivity contribution in [3.05, 3.63) is 54.0 Å². The Morgan fingerprint density at radius 3 is 2.71 bits per heavy atom. The molecule has 3 N–H and O–H groups in total. The fourth-order valence-corrected chi connectivity index (χ4v) is 3.65. The first-order valence-electron chi connectivity index (χ1n) is 9.45. The summed E-state index contributed by atoms with van der Waals surface area (Å²) in [7, 11) is 0. The van der Waals surface area contributed by atoms with E-state index in [4.69, 9.17) is 0 Å². The van der Waals surface area contributed by atoms with Gasteiger partial charge in [0.15, 0.2) is 0 Å². The van der Waals surface area contributed by atoms with Gasteiger partial charge in [-0.15, -0.1) is 0 Å². The summed E-state index contributed by atoms with van der Waals surface area (Å²) in [5.74, 6) is -1.11. The lowest BCUT2D eigenvalue weighted by atomic mass is 9.88. The summed E-state index contributed by atoms with van der Waals surface area (Å²) < 4.78 is 14.2. The van der Waals surface area contributed by atoms with Gasteiger partial charge < -0.3 is 10.6 Å². The van der Waals surface area contributed by atoms with Gasteiger partial charge in [-0.05, 0) is 37.1 Å². The minimum atomic E-state index is -0.530. The maximum atomic E-state index is 14.2. The molecule has 1 aliphatic rings. The highest BCUT2D eigenvalue weighted by atomic mass is 19.1. The van der Waals surface area contributed by atoms with E-state index in [-0.39, 0.29) is 23.4 Å². The monoisotopic (exact) mass is 380 g/mol. The predicted octanol–water partition coefficient (Wildman–Crippen LogP) is 4.47. The SMILES string of the molecule is O=C(Nc1ccc(F)c(NC(=O)C2CCCCC2)c1)c1cccc2cn[nH]c12. The Balaban J connectivity index is 1.51. The van der Waals surface area contributed by atoms with Crippen LogP contribution < -0.4 is 10.6 Å². The van der Waals surface area contributed by atoms with Crippen LogP contribution in [-0.4, -0.2) is 22.0 Å². The molecular formula is C21H21FN4O2. The number of carbonyl (C=O) groups is 2. The van der Waals surface area contributed by atoms with E-state index in [0.29, 0.717) is 16.8 Å². The van der Waals surface area contributed by atoms with Gasteiger partial charge in [-0.25, -0.2) is 4.39 Å². The van der Waals surface area contributed by atoms with Crippen LogP contribution >= 0.6 is 0 Å². The number of rotatable bonds is 4. The Labute approximate surface area is 161 Å². The molecule has 0 spiro atoms. The number of benzene rings is 2. The van der Waals surface area contributed by atoms with E-state index in [0.717, 1.165) is 37.5 Å². The maximum absolute atomic E-state index is 14.2. The second-order valence-electron chi connectivity index (χ2n) is 7.11. The molecule has 1 fully saturated rings. The van der Waals surface area contributed by atoms with Crippen LogP contribution in [0.5, 0.6) is 0 Å². The van der Waals surface area contributed by atoms with Crippen LogP contribution in [0.15, 0.2) is 42.6 Å². The summed E-state index contributed by atoms with van der Waals surface area (Å²) in [5, 5.41) is 13.0. The van der Waals surface area contributed by atoms with Gasteiger partial charge in [0.05, 0.1) is 23.0 Å². The van der Waals surface area contributed by atoms with Gasteiger partial charge in [-0.2, -0.15) is 5.10 Å². The molecule has 0 radical (unpaired) electrons. The van der Waals surface area contributed by atoms with Gasteiger partial charge in [-0.3, -0.25) is 14.7 Å². The van der Waals surface area contributed by atoms with Gasteiger partial charge in [0.1, 0.15) is 5.82 Å². The number of aromatic amines is 1. The third-order valence-corrected chi connectivity index (χ3v) is 5.18. The second kappa shape index (κ2) is 7.80. The van der Waals surface area contributed by atoms with E-state index in [1.165, 1.54) is 18.2 Å². The van der Waals surface area contributed by atoms with Crippen LogP contribution in [0.4, 0.5) is 15.8 Å². The zero-order valence-corrected chi connectivity index (χ0v) is 15.3. The number of hydrogen-bond acceptors (Lipinski definition) is 3. The van der Waals surface area contributed by atoms with Crippen molar-refractivity contribution in [2.24, 2.45) is 5.92 Å². The number of halogens is 1. The maximum Gasteiger partial charge on any atom is 0.257 e. The van der Waals surface area contributed by atoms with Crippen molar-refractivity contribution in [2.45, 2.75) is 32.1 Å². The van der Waals surface area contributed by atoms with E-state index < -0.39 is 5.82 Å². The molecule has 1 aromatic heterocycles. The molecule has 1 aliphatic carbocycles. The fourth-order valence-electron chi connectivity index (χ4n) is 3.65. The lowest BCUT2D eigenvalue weighted by Crippen LogP contribution is -2.25. The minimum absolute atomic E-state index is 0.0770. The highest BCUT2D eigenvalue weighted by Gasteiger charge is 2.22. The second-order valence-corrected chi connectivity index (χ2v) is 7.11. The molecule has 0 bridgehead atoms. The Bertz CT molecular complexity index is 1020. The number of amides is 2. The zero-order valence-electron chi connectivity index (χ0n) is 15.3. The average Bonchev–Trinajstić information content (AvgIpc) is 3.20. The summed E-state index contributed by atoms with van der Waals surface area (Å²) in [6.07, 6.45) is 6.49. The molecule has 4 rings (SSSR count). The topological polar surface area (TPSA) is 86.9 Å². The molecule has 7 heteroatoms. The van der Waals surface area contributed by atoms with Crippen molar-refractivity contribution in [1.29, 1.82) is 0 Å². The molecule has 0 aliphatic heterocycles.